The maximum absolute atomic E-state index is 5.61. The van der Waals surface area contributed by atoms with Gasteiger partial charge in [0.1, 0.15) is 5.82 Å². The number of aromatic nitrogens is 2. The Labute approximate surface area is 131 Å². The van der Waals surface area contributed by atoms with Crippen molar-refractivity contribution in [3.05, 3.63) is 41.6 Å². The first-order valence-electron chi connectivity index (χ1n) is 7.73. The van der Waals surface area contributed by atoms with Crippen LogP contribution >= 0.6 is 0 Å². The van der Waals surface area contributed by atoms with Crippen LogP contribution in [0.5, 0.6) is 0 Å². The normalized spacial score (nSPS) is 17.5. The van der Waals surface area contributed by atoms with E-state index in [1.54, 1.807) is 6.20 Å². The summed E-state index contributed by atoms with van der Waals surface area (Å²) in [5.74, 6) is 1.42. The first-order valence-corrected chi connectivity index (χ1v) is 7.73. The van der Waals surface area contributed by atoms with Crippen molar-refractivity contribution in [2.75, 3.05) is 23.8 Å². The minimum Gasteiger partial charge on any atom is -0.376 e. The molecule has 0 spiro atoms. The topological polar surface area (TPSA) is 59.1 Å². The van der Waals surface area contributed by atoms with Crippen LogP contribution in [0.25, 0.3) is 0 Å². The molecule has 5 nitrogen and oxygen atoms in total. The number of aryl methyl sites for hydroxylation is 2. The van der Waals surface area contributed by atoms with Crippen LogP contribution in [0.4, 0.5) is 17.5 Å². The van der Waals surface area contributed by atoms with Gasteiger partial charge in [0.05, 0.1) is 6.10 Å². The third-order valence-corrected chi connectivity index (χ3v) is 3.67. The summed E-state index contributed by atoms with van der Waals surface area (Å²) in [6.07, 6.45) is 4.32. The van der Waals surface area contributed by atoms with Crippen LogP contribution in [-0.2, 0) is 4.74 Å². The van der Waals surface area contributed by atoms with Crippen LogP contribution in [-0.4, -0.2) is 29.2 Å². The van der Waals surface area contributed by atoms with Crippen molar-refractivity contribution in [2.24, 2.45) is 0 Å². The summed E-state index contributed by atoms with van der Waals surface area (Å²) >= 11 is 0. The summed E-state index contributed by atoms with van der Waals surface area (Å²) in [6, 6.07) is 8.19. The maximum atomic E-state index is 5.61. The smallest absolute Gasteiger partial charge is 0.229 e. The van der Waals surface area contributed by atoms with E-state index in [1.165, 1.54) is 11.1 Å². The molecule has 0 bridgehead atoms. The Morgan fingerprint density at radius 3 is 2.77 bits per heavy atom. The second-order valence-corrected chi connectivity index (χ2v) is 5.78. The van der Waals surface area contributed by atoms with Gasteiger partial charge in [-0.2, -0.15) is 4.98 Å². The van der Waals surface area contributed by atoms with E-state index in [9.17, 15) is 0 Å². The number of ether oxygens (including phenoxy) is 1. The highest BCUT2D eigenvalue weighted by molar-refractivity contribution is 5.57. The number of anilines is 3. The van der Waals surface area contributed by atoms with Crippen molar-refractivity contribution in [3.8, 4) is 0 Å². The minimum atomic E-state index is 0.297. The van der Waals surface area contributed by atoms with Crippen LogP contribution < -0.4 is 10.6 Å². The number of nitrogens with zero attached hydrogens (tertiary/aromatic N) is 2. The summed E-state index contributed by atoms with van der Waals surface area (Å²) < 4.78 is 5.61. The summed E-state index contributed by atoms with van der Waals surface area (Å²) in [4.78, 5) is 8.78. The molecule has 0 radical (unpaired) electrons. The predicted molar refractivity (Wildman–Crippen MR) is 88.7 cm³/mol. The predicted octanol–water partition coefficient (Wildman–Crippen LogP) is 3.43. The molecule has 1 aromatic heterocycles. The van der Waals surface area contributed by atoms with E-state index in [4.69, 9.17) is 4.74 Å². The van der Waals surface area contributed by atoms with Crippen LogP contribution in [0.2, 0.25) is 0 Å². The summed E-state index contributed by atoms with van der Waals surface area (Å²) in [7, 11) is 0. The summed E-state index contributed by atoms with van der Waals surface area (Å²) in [5, 5.41) is 6.58. The second-order valence-electron chi connectivity index (χ2n) is 5.78. The lowest BCUT2D eigenvalue weighted by molar-refractivity contribution is 0.120. The molecule has 22 heavy (non-hydrogen) atoms. The molecular weight excluding hydrogens is 276 g/mol. The zero-order valence-electron chi connectivity index (χ0n) is 13.1. The molecule has 1 fully saturated rings. The van der Waals surface area contributed by atoms with E-state index >= 15 is 0 Å². The van der Waals surface area contributed by atoms with Gasteiger partial charge in [0.15, 0.2) is 0 Å². The molecule has 5 heteroatoms. The fourth-order valence-electron chi connectivity index (χ4n) is 2.72. The largest absolute Gasteiger partial charge is 0.376 e. The van der Waals surface area contributed by atoms with E-state index in [2.05, 4.69) is 52.6 Å². The Hall–Kier alpha value is -2.14. The third kappa shape index (κ3) is 3.95. The van der Waals surface area contributed by atoms with Crippen molar-refractivity contribution in [1.82, 2.24) is 9.97 Å². The van der Waals surface area contributed by atoms with Crippen LogP contribution in [0.15, 0.2) is 30.5 Å². The number of benzene rings is 1. The molecular formula is C17H22N4O. The Bertz CT molecular complexity index is 618. The Balaban J connectivity index is 1.65. The second kappa shape index (κ2) is 6.75. The molecule has 116 valence electrons. The molecule has 2 heterocycles. The monoisotopic (exact) mass is 298 g/mol. The summed E-state index contributed by atoms with van der Waals surface area (Å²) in [5.41, 5.74) is 3.44. The average molecular weight is 298 g/mol. The third-order valence-electron chi connectivity index (χ3n) is 3.67. The number of hydrogen-bond donors (Lipinski definition) is 2. The molecule has 1 aliphatic rings. The first-order chi connectivity index (χ1) is 10.7. The average Bonchev–Trinajstić information content (AvgIpc) is 2.98. The summed E-state index contributed by atoms with van der Waals surface area (Å²) in [6.45, 7) is 5.83. The fraction of sp³-hybridized carbons (Fsp3) is 0.412. The lowest BCUT2D eigenvalue weighted by Crippen LogP contribution is -2.19. The van der Waals surface area contributed by atoms with Crippen molar-refractivity contribution in [3.63, 3.8) is 0 Å². The molecule has 1 unspecified atom stereocenters. The number of rotatable bonds is 5. The zero-order chi connectivity index (χ0) is 15.4. The van der Waals surface area contributed by atoms with Gasteiger partial charge in [-0.1, -0.05) is 6.07 Å². The van der Waals surface area contributed by atoms with Crippen molar-refractivity contribution < 1.29 is 4.74 Å². The molecule has 0 amide bonds. The minimum absolute atomic E-state index is 0.297. The van der Waals surface area contributed by atoms with Gasteiger partial charge in [0.2, 0.25) is 5.95 Å². The van der Waals surface area contributed by atoms with Crippen LogP contribution in [0.3, 0.4) is 0 Å². The van der Waals surface area contributed by atoms with Crippen molar-refractivity contribution in [2.45, 2.75) is 32.8 Å². The van der Waals surface area contributed by atoms with Gasteiger partial charge in [0.25, 0.3) is 0 Å². The molecule has 0 saturated carbocycles. The molecule has 0 aliphatic carbocycles. The molecule has 3 rings (SSSR count). The molecule has 2 N–H and O–H groups in total. The van der Waals surface area contributed by atoms with Gasteiger partial charge in [-0.05, 0) is 56.0 Å². The van der Waals surface area contributed by atoms with Gasteiger partial charge in [-0.15, -0.1) is 0 Å². The quantitative estimate of drug-likeness (QED) is 0.885. The van der Waals surface area contributed by atoms with E-state index in [1.807, 2.05) is 6.07 Å². The van der Waals surface area contributed by atoms with Gasteiger partial charge >= 0.3 is 0 Å². The lowest BCUT2D eigenvalue weighted by Gasteiger charge is -2.12. The van der Waals surface area contributed by atoms with Crippen molar-refractivity contribution >= 4 is 17.5 Å². The van der Waals surface area contributed by atoms with E-state index < -0.39 is 0 Å². The number of hydrogen-bond acceptors (Lipinski definition) is 5. The Morgan fingerprint density at radius 1 is 1.23 bits per heavy atom. The van der Waals surface area contributed by atoms with Gasteiger partial charge in [-0.3, -0.25) is 0 Å². The molecule has 1 aliphatic heterocycles. The van der Waals surface area contributed by atoms with E-state index in [0.29, 0.717) is 12.1 Å². The lowest BCUT2D eigenvalue weighted by atomic mass is 10.1. The highest BCUT2D eigenvalue weighted by atomic mass is 16.5. The van der Waals surface area contributed by atoms with Gasteiger partial charge in [0, 0.05) is 25.0 Å². The highest BCUT2D eigenvalue weighted by Gasteiger charge is 2.15. The molecule has 1 atom stereocenters. The SMILES string of the molecule is Cc1cc(C)cc(Nc2nccc(NCC3CCCO3)n2)c1. The maximum Gasteiger partial charge on any atom is 0.229 e. The Kier molecular flexibility index (Phi) is 4.53. The first kappa shape index (κ1) is 14.8. The molecule has 2 aromatic rings. The van der Waals surface area contributed by atoms with Crippen LogP contribution in [0, 0.1) is 13.8 Å². The molecule has 1 saturated heterocycles. The number of nitrogens with one attached hydrogen (secondary N) is 2. The van der Waals surface area contributed by atoms with Crippen molar-refractivity contribution in [1.29, 1.82) is 0 Å². The van der Waals surface area contributed by atoms with Gasteiger partial charge in [-0.25, -0.2) is 4.98 Å². The van der Waals surface area contributed by atoms with E-state index in [-0.39, 0.29) is 0 Å². The highest BCUT2D eigenvalue weighted by Crippen LogP contribution is 2.18. The zero-order valence-corrected chi connectivity index (χ0v) is 13.1. The van der Waals surface area contributed by atoms with Crippen LogP contribution in [0.1, 0.15) is 24.0 Å². The fourth-order valence-corrected chi connectivity index (χ4v) is 2.72. The van der Waals surface area contributed by atoms with Gasteiger partial charge < -0.3 is 15.4 Å². The Morgan fingerprint density at radius 2 is 2.05 bits per heavy atom. The standard InChI is InChI=1S/C17H22N4O/c1-12-8-13(2)10-14(9-12)20-17-18-6-5-16(21-17)19-11-15-4-3-7-22-15/h5-6,8-10,15H,3-4,7,11H2,1-2H3,(H2,18,19,20,21). The van der Waals surface area contributed by atoms with E-state index in [0.717, 1.165) is 37.5 Å². The molecule has 1 aromatic carbocycles.